The van der Waals surface area contributed by atoms with Crippen molar-refractivity contribution in [3.8, 4) is 11.5 Å². The number of halogens is 2. The molecular formula is C23H26Cl2N2O3. The van der Waals surface area contributed by atoms with Crippen LogP contribution in [0.2, 0.25) is 10.0 Å². The van der Waals surface area contributed by atoms with E-state index in [-0.39, 0.29) is 5.91 Å². The number of methoxy groups -OCH3 is 2. The van der Waals surface area contributed by atoms with Crippen LogP contribution in [0, 0.1) is 0 Å². The first-order valence-electron chi connectivity index (χ1n) is 10.2. The Hall–Kier alpha value is -1.95. The minimum absolute atomic E-state index is 0.155. The molecule has 1 saturated carbocycles. The van der Waals surface area contributed by atoms with E-state index in [4.69, 9.17) is 32.7 Å². The number of ether oxygens (including phenoxy) is 2. The van der Waals surface area contributed by atoms with Gasteiger partial charge in [0, 0.05) is 25.7 Å². The first kappa shape index (κ1) is 21.3. The molecule has 4 rings (SSSR count). The monoisotopic (exact) mass is 448 g/mol. The van der Waals surface area contributed by atoms with Crippen molar-refractivity contribution in [2.75, 3.05) is 27.3 Å². The van der Waals surface area contributed by atoms with Gasteiger partial charge >= 0.3 is 0 Å². The Kier molecular flexibility index (Phi) is 6.42. The Morgan fingerprint density at radius 3 is 2.40 bits per heavy atom. The van der Waals surface area contributed by atoms with Crippen LogP contribution < -0.4 is 9.47 Å². The van der Waals surface area contributed by atoms with E-state index in [1.807, 2.05) is 35.2 Å². The van der Waals surface area contributed by atoms with Gasteiger partial charge in [-0.2, -0.15) is 0 Å². The van der Waals surface area contributed by atoms with Crippen LogP contribution in [-0.4, -0.2) is 49.1 Å². The van der Waals surface area contributed by atoms with Crippen molar-refractivity contribution in [1.29, 1.82) is 0 Å². The molecular weight excluding hydrogens is 423 g/mol. The zero-order valence-electron chi connectivity index (χ0n) is 17.3. The van der Waals surface area contributed by atoms with Gasteiger partial charge in [-0.05, 0) is 60.2 Å². The Morgan fingerprint density at radius 1 is 1.07 bits per heavy atom. The van der Waals surface area contributed by atoms with Crippen LogP contribution in [0.25, 0.3) is 0 Å². The number of hydrogen-bond donors (Lipinski definition) is 0. The van der Waals surface area contributed by atoms with E-state index in [0.29, 0.717) is 48.0 Å². The fourth-order valence-corrected chi connectivity index (χ4v) is 4.32. The summed E-state index contributed by atoms with van der Waals surface area (Å²) in [5.74, 6) is 1.59. The van der Waals surface area contributed by atoms with Gasteiger partial charge in [0.1, 0.15) is 0 Å². The average molecular weight is 449 g/mol. The van der Waals surface area contributed by atoms with Crippen LogP contribution in [-0.2, 0) is 24.3 Å². The molecule has 0 radical (unpaired) electrons. The van der Waals surface area contributed by atoms with E-state index in [2.05, 4.69) is 4.90 Å². The van der Waals surface area contributed by atoms with E-state index in [0.717, 1.165) is 36.1 Å². The predicted molar refractivity (Wildman–Crippen MR) is 119 cm³/mol. The molecule has 1 fully saturated rings. The smallest absolute Gasteiger partial charge is 0.237 e. The van der Waals surface area contributed by atoms with Crippen LogP contribution in [0.15, 0.2) is 30.3 Å². The van der Waals surface area contributed by atoms with Crippen molar-refractivity contribution in [2.45, 2.75) is 38.4 Å². The molecule has 1 heterocycles. The maximum atomic E-state index is 13.1. The molecule has 0 unspecified atom stereocenters. The lowest BCUT2D eigenvalue weighted by atomic mass is 9.98. The molecule has 160 valence electrons. The van der Waals surface area contributed by atoms with Gasteiger partial charge in [-0.25, -0.2) is 0 Å². The van der Waals surface area contributed by atoms with Crippen molar-refractivity contribution >= 4 is 29.1 Å². The maximum Gasteiger partial charge on any atom is 0.237 e. The SMILES string of the molecule is COc1cc2c(cc1OC)CN(C(=O)CN(Cc1ccc(Cl)c(Cl)c1)C1CC1)CC2. The molecule has 30 heavy (non-hydrogen) atoms. The summed E-state index contributed by atoms with van der Waals surface area (Å²) in [7, 11) is 3.27. The molecule has 2 aliphatic rings. The molecule has 0 saturated heterocycles. The molecule has 0 N–H and O–H groups in total. The first-order valence-corrected chi connectivity index (χ1v) is 10.9. The number of carbonyl (C=O) groups is 1. The van der Waals surface area contributed by atoms with E-state index >= 15 is 0 Å². The first-order chi connectivity index (χ1) is 14.5. The number of rotatable bonds is 7. The zero-order chi connectivity index (χ0) is 21.3. The summed E-state index contributed by atoms with van der Waals surface area (Å²) in [4.78, 5) is 17.3. The molecule has 1 aliphatic heterocycles. The molecule has 1 aliphatic carbocycles. The Bertz CT molecular complexity index is 946. The minimum Gasteiger partial charge on any atom is -0.493 e. The van der Waals surface area contributed by atoms with Gasteiger partial charge in [0.25, 0.3) is 0 Å². The molecule has 0 bridgehead atoms. The van der Waals surface area contributed by atoms with Gasteiger partial charge in [-0.15, -0.1) is 0 Å². The lowest BCUT2D eigenvalue weighted by Crippen LogP contribution is -2.43. The van der Waals surface area contributed by atoms with Crippen LogP contribution in [0.4, 0.5) is 0 Å². The predicted octanol–water partition coefficient (Wildman–Crippen LogP) is 4.56. The van der Waals surface area contributed by atoms with Gasteiger partial charge in [0.05, 0.1) is 30.8 Å². The summed E-state index contributed by atoms with van der Waals surface area (Å²) >= 11 is 12.2. The number of fused-ring (bicyclic) bond motifs is 1. The van der Waals surface area contributed by atoms with Crippen molar-refractivity contribution < 1.29 is 14.3 Å². The molecule has 0 aromatic heterocycles. The van der Waals surface area contributed by atoms with Crippen molar-refractivity contribution in [2.24, 2.45) is 0 Å². The van der Waals surface area contributed by atoms with E-state index in [1.54, 1.807) is 14.2 Å². The molecule has 0 spiro atoms. The van der Waals surface area contributed by atoms with Gasteiger partial charge < -0.3 is 14.4 Å². The van der Waals surface area contributed by atoms with Crippen molar-refractivity contribution in [3.05, 3.63) is 57.1 Å². The van der Waals surface area contributed by atoms with Crippen LogP contribution >= 0.6 is 23.2 Å². The quantitative estimate of drug-likeness (QED) is 0.622. The van der Waals surface area contributed by atoms with Gasteiger partial charge in [-0.1, -0.05) is 29.3 Å². The third kappa shape index (κ3) is 4.69. The fraction of sp³-hybridized carbons (Fsp3) is 0.435. The third-order valence-electron chi connectivity index (χ3n) is 5.84. The Labute approximate surface area is 187 Å². The molecule has 7 heteroatoms. The summed E-state index contributed by atoms with van der Waals surface area (Å²) in [6.45, 7) is 2.42. The summed E-state index contributed by atoms with van der Waals surface area (Å²) in [5, 5.41) is 1.10. The summed E-state index contributed by atoms with van der Waals surface area (Å²) in [5.41, 5.74) is 3.41. The maximum absolute atomic E-state index is 13.1. The highest BCUT2D eigenvalue weighted by atomic mass is 35.5. The zero-order valence-corrected chi connectivity index (χ0v) is 18.8. The van der Waals surface area contributed by atoms with Crippen LogP contribution in [0.5, 0.6) is 11.5 Å². The number of benzene rings is 2. The highest BCUT2D eigenvalue weighted by Crippen LogP contribution is 2.34. The molecule has 1 amide bonds. The summed E-state index contributed by atoms with van der Waals surface area (Å²) < 4.78 is 10.8. The van der Waals surface area contributed by atoms with Gasteiger partial charge in [-0.3, -0.25) is 9.69 Å². The third-order valence-corrected chi connectivity index (χ3v) is 6.58. The number of carbonyl (C=O) groups excluding carboxylic acids is 1. The van der Waals surface area contributed by atoms with Gasteiger partial charge in [0.2, 0.25) is 5.91 Å². The largest absolute Gasteiger partial charge is 0.493 e. The number of amides is 1. The van der Waals surface area contributed by atoms with Crippen molar-refractivity contribution in [3.63, 3.8) is 0 Å². The fourth-order valence-electron chi connectivity index (χ4n) is 4.00. The lowest BCUT2D eigenvalue weighted by Gasteiger charge is -2.32. The topological polar surface area (TPSA) is 42.0 Å². The van der Waals surface area contributed by atoms with Crippen molar-refractivity contribution in [1.82, 2.24) is 9.80 Å². The highest BCUT2D eigenvalue weighted by molar-refractivity contribution is 6.42. The van der Waals surface area contributed by atoms with E-state index in [1.165, 1.54) is 5.56 Å². The average Bonchev–Trinajstić information content (AvgIpc) is 3.59. The normalized spacial score (nSPS) is 15.8. The molecule has 2 aromatic carbocycles. The minimum atomic E-state index is 0.155. The second-order valence-corrected chi connectivity index (χ2v) is 8.74. The van der Waals surface area contributed by atoms with Crippen LogP contribution in [0.3, 0.4) is 0 Å². The number of hydrogen-bond acceptors (Lipinski definition) is 4. The number of nitrogens with zero attached hydrogens (tertiary/aromatic N) is 2. The summed E-state index contributed by atoms with van der Waals surface area (Å²) in [6.07, 6.45) is 3.08. The standard InChI is InChI=1S/C23H26Cl2N2O3/c1-29-21-10-16-7-8-26(13-17(16)11-22(21)30-2)23(28)14-27(18-4-5-18)12-15-3-6-19(24)20(25)9-15/h3,6,9-11,18H,4-5,7-8,12-14H2,1-2H3. The summed E-state index contributed by atoms with van der Waals surface area (Å²) in [6, 6.07) is 10.2. The lowest BCUT2D eigenvalue weighted by molar-refractivity contribution is -0.133. The van der Waals surface area contributed by atoms with Crippen LogP contribution in [0.1, 0.15) is 29.5 Å². The Morgan fingerprint density at radius 2 is 1.77 bits per heavy atom. The van der Waals surface area contributed by atoms with Gasteiger partial charge in [0.15, 0.2) is 11.5 Å². The van der Waals surface area contributed by atoms with E-state index < -0.39 is 0 Å². The van der Waals surface area contributed by atoms with E-state index in [9.17, 15) is 4.79 Å². The molecule has 5 nitrogen and oxygen atoms in total. The highest BCUT2D eigenvalue weighted by Gasteiger charge is 2.32. The molecule has 0 atom stereocenters. The second-order valence-electron chi connectivity index (χ2n) is 7.93. The second kappa shape index (κ2) is 9.04. The Balaban J connectivity index is 1.44. The molecule has 2 aromatic rings.